The van der Waals surface area contributed by atoms with Gasteiger partial charge in [-0.05, 0) is 34.5 Å². The summed E-state index contributed by atoms with van der Waals surface area (Å²) in [6, 6.07) is 6.08. The Morgan fingerprint density at radius 2 is 2.35 bits per heavy atom. The number of nitrogens with one attached hydrogen (secondary N) is 1. The molecule has 0 spiro atoms. The predicted octanol–water partition coefficient (Wildman–Crippen LogP) is 3.01. The zero-order chi connectivity index (χ0) is 12.8. The van der Waals surface area contributed by atoms with E-state index in [2.05, 4.69) is 21.2 Å². The van der Waals surface area contributed by atoms with E-state index in [0.717, 1.165) is 0 Å². The molecule has 1 amide bonds. The van der Waals surface area contributed by atoms with Gasteiger partial charge in [-0.25, -0.2) is 4.39 Å². The lowest BCUT2D eigenvalue weighted by atomic mass is 10.1. The minimum atomic E-state index is -0.580. The van der Waals surface area contributed by atoms with Crippen molar-refractivity contribution in [2.45, 2.75) is 25.8 Å². The van der Waals surface area contributed by atoms with E-state index in [9.17, 15) is 9.18 Å². The van der Waals surface area contributed by atoms with Crippen molar-refractivity contribution in [2.24, 2.45) is 0 Å². The zero-order valence-corrected chi connectivity index (χ0v) is 10.9. The Labute approximate surface area is 108 Å². The van der Waals surface area contributed by atoms with Crippen molar-refractivity contribution < 1.29 is 9.18 Å². The van der Waals surface area contributed by atoms with Gasteiger partial charge in [-0.15, -0.1) is 0 Å². The number of hydrogen-bond acceptors (Lipinski definition) is 2. The molecule has 0 aromatic heterocycles. The summed E-state index contributed by atoms with van der Waals surface area (Å²) in [4.78, 5) is 11.8. The van der Waals surface area contributed by atoms with Crippen molar-refractivity contribution >= 4 is 21.8 Å². The van der Waals surface area contributed by atoms with E-state index in [1.807, 2.05) is 13.0 Å². The molecule has 0 heterocycles. The highest BCUT2D eigenvalue weighted by molar-refractivity contribution is 9.10. The van der Waals surface area contributed by atoms with E-state index < -0.39 is 11.7 Å². The molecule has 1 atom stereocenters. The van der Waals surface area contributed by atoms with Crippen LogP contribution in [0.15, 0.2) is 22.7 Å². The number of carbonyl (C=O) groups excluding carboxylic acids is 1. The molecule has 0 saturated carbocycles. The molecule has 0 radical (unpaired) electrons. The predicted molar refractivity (Wildman–Crippen MR) is 65.9 cm³/mol. The maximum atomic E-state index is 13.5. The van der Waals surface area contributed by atoms with Gasteiger partial charge in [0.05, 0.1) is 18.1 Å². The number of carbonyl (C=O) groups is 1. The van der Waals surface area contributed by atoms with Crippen molar-refractivity contribution in [1.29, 1.82) is 5.26 Å². The van der Waals surface area contributed by atoms with E-state index in [4.69, 9.17) is 5.26 Å². The van der Waals surface area contributed by atoms with Crippen molar-refractivity contribution in [2.75, 3.05) is 0 Å². The largest absolute Gasteiger partial charge is 0.348 e. The Morgan fingerprint density at radius 3 is 2.88 bits per heavy atom. The topological polar surface area (TPSA) is 52.9 Å². The average molecular weight is 299 g/mol. The van der Waals surface area contributed by atoms with Crippen LogP contribution in [0.1, 0.15) is 30.1 Å². The molecule has 3 nitrogen and oxygen atoms in total. The fraction of sp³-hybridized carbons (Fsp3) is 0.333. The first-order valence-corrected chi connectivity index (χ1v) is 6.01. The smallest absolute Gasteiger partial charge is 0.255 e. The third-order valence-corrected chi connectivity index (χ3v) is 3.02. The van der Waals surface area contributed by atoms with Gasteiger partial charge in [0, 0.05) is 10.5 Å². The SMILES string of the molecule is CCC(CC#N)NC(=O)c1c(F)cccc1Br. The number of amides is 1. The highest BCUT2D eigenvalue weighted by Crippen LogP contribution is 2.19. The van der Waals surface area contributed by atoms with Crippen LogP contribution in [0.25, 0.3) is 0 Å². The molecule has 0 aliphatic rings. The normalized spacial score (nSPS) is 11.6. The second-order valence-corrected chi connectivity index (χ2v) is 4.39. The number of benzene rings is 1. The van der Waals surface area contributed by atoms with Gasteiger partial charge < -0.3 is 5.32 Å². The molecular weight excluding hydrogens is 287 g/mol. The first kappa shape index (κ1) is 13.7. The van der Waals surface area contributed by atoms with E-state index in [0.29, 0.717) is 10.9 Å². The Kier molecular flexibility index (Phi) is 5.11. The number of halogens is 2. The van der Waals surface area contributed by atoms with Gasteiger partial charge in [0.15, 0.2) is 0 Å². The third-order valence-electron chi connectivity index (χ3n) is 2.36. The van der Waals surface area contributed by atoms with Crippen LogP contribution in [0.3, 0.4) is 0 Å². The zero-order valence-electron chi connectivity index (χ0n) is 9.34. The molecule has 0 aliphatic carbocycles. The maximum Gasteiger partial charge on any atom is 0.255 e. The number of rotatable bonds is 4. The van der Waals surface area contributed by atoms with E-state index in [1.54, 1.807) is 6.07 Å². The average Bonchev–Trinajstić information content (AvgIpc) is 2.28. The van der Waals surface area contributed by atoms with Crippen molar-refractivity contribution in [1.82, 2.24) is 5.32 Å². The summed E-state index contributed by atoms with van der Waals surface area (Å²) in [5.74, 6) is -1.08. The van der Waals surface area contributed by atoms with Crippen LogP contribution in [0.5, 0.6) is 0 Å². The molecule has 17 heavy (non-hydrogen) atoms. The van der Waals surface area contributed by atoms with Gasteiger partial charge in [-0.3, -0.25) is 4.79 Å². The summed E-state index contributed by atoms with van der Waals surface area (Å²) in [5.41, 5.74) is -0.0242. The van der Waals surface area contributed by atoms with Crippen LogP contribution >= 0.6 is 15.9 Å². The van der Waals surface area contributed by atoms with Crippen LogP contribution in [-0.4, -0.2) is 11.9 Å². The summed E-state index contributed by atoms with van der Waals surface area (Å²) >= 11 is 3.13. The quantitative estimate of drug-likeness (QED) is 0.929. The van der Waals surface area contributed by atoms with Crippen molar-refractivity contribution in [3.05, 3.63) is 34.1 Å². The molecule has 0 aliphatic heterocycles. The monoisotopic (exact) mass is 298 g/mol. The minimum Gasteiger partial charge on any atom is -0.348 e. The molecular formula is C12H12BrFN2O. The van der Waals surface area contributed by atoms with Gasteiger partial charge in [-0.2, -0.15) is 5.26 Å². The van der Waals surface area contributed by atoms with Gasteiger partial charge in [0.25, 0.3) is 5.91 Å². The molecule has 1 N–H and O–H groups in total. The van der Waals surface area contributed by atoms with Gasteiger partial charge >= 0.3 is 0 Å². The standard InChI is InChI=1S/C12H12BrFN2O/c1-2-8(6-7-15)16-12(17)11-9(13)4-3-5-10(11)14/h3-5,8H,2,6H2,1H3,(H,16,17). The summed E-state index contributed by atoms with van der Waals surface area (Å²) in [6.07, 6.45) is 0.847. The molecule has 90 valence electrons. The molecule has 1 aromatic carbocycles. The number of hydrogen-bond donors (Lipinski definition) is 1. The summed E-state index contributed by atoms with van der Waals surface area (Å²) in [5, 5.41) is 11.2. The first-order chi connectivity index (χ1) is 8.10. The molecule has 1 rings (SSSR count). The third kappa shape index (κ3) is 3.53. The second kappa shape index (κ2) is 6.36. The lowest BCUT2D eigenvalue weighted by Crippen LogP contribution is -2.34. The van der Waals surface area contributed by atoms with E-state index in [-0.39, 0.29) is 18.0 Å². The molecule has 5 heteroatoms. The van der Waals surface area contributed by atoms with Gasteiger partial charge in [-0.1, -0.05) is 13.0 Å². The Balaban J connectivity index is 2.87. The molecule has 0 bridgehead atoms. The van der Waals surface area contributed by atoms with Crippen LogP contribution in [0, 0.1) is 17.1 Å². The fourth-order valence-corrected chi connectivity index (χ4v) is 1.90. The van der Waals surface area contributed by atoms with Crippen LogP contribution in [0.2, 0.25) is 0 Å². The van der Waals surface area contributed by atoms with E-state index in [1.165, 1.54) is 12.1 Å². The summed E-state index contributed by atoms with van der Waals surface area (Å²) in [7, 11) is 0. The van der Waals surface area contributed by atoms with Crippen molar-refractivity contribution in [3.63, 3.8) is 0 Å². The fourth-order valence-electron chi connectivity index (χ4n) is 1.38. The minimum absolute atomic E-state index is 0.0242. The van der Waals surface area contributed by atoms with Crippen molar-refractivity contribution in [3.8, 4) is 6.07 Å². The molecule has 1 aromatic rings. The molecule has 0 saturated heterocycles. The number of nitrogens with zero attached hydrogens (tertiary/aromatic N) is 1. The van der Waals surface area contributed by atoms with E-state index >= 15 is 0 Å². The van der Waals surface area contributed by atoms with Gasteiger partial charge in [0.2, 0.25) is 0 Å². The van der Waals surface area contributed by atoms with Crippen LogP contribution in [0.4, 0.5) is 4.39 Å². The first-order valence-electron chi connectivity index (χ1n) is 5.22. The number of nitriles is 1. The highest BCUT2D eigenvalue weighted by atomic mass is 79.9. The summed E-state index contributed by atoms with van der Waals surface area (Å²) < 4.78 is 13.9. The lowest BCUT2D eigenvalue weighted by Gasteiger charge is -2.14. The van der Waals surface area contributed by atoms with Crippen LogP contribution < -0.4 is 5.32 Å². The second-order valence-electron chi connectivity index (χ2n) is 3.54. The van der Waals surface area contributed by atoms with Gasteiger partial charge in [0.1, 0.15) is 5.82 Å². The van der Waals surface area contributed by atoms with Crippen LogP contribution in [-0.2, 0) is 0 Å². The lowest BCUT2D eigenvalue weighted by molar-refractivity contribution is 0.0931. The maximum absolute atomic E-state index is 13.5. The Morgan fingerprint density at radius 1 is 1.65 bits per heavy atom. The Bertz CT molecular complexity index is 436. The highest BCUT2D eigenvalue weighted by Gasteiger charge is 2.18. The molecule has 1 unspecified atom stereocenters. The molecule has 0 fully saturated rings. The summed E-state index contributed by atoms with van der Waals surface area (Å²) in [6.45, 7) is 1.86. The Hall–Kier alpha value is -1.41.